The predicted octanol–water partition coefficient (Wildman–Crippen LogP) is 4.07. The molecule has 1 radical (unpaired) electrons. The first-order valence-corrected chi connectivity index (χ1v) is 6.96. The third kappa shape index (κ3) is 4.62. The fourth-order valence-electron chi connectivity index (χ4n) is 2.24. The average Bonchev–Trinajstić information content (AvgIpc) is 2.49. The summed E-state index contributed by atoms with van der Waals surface area (Å²) in [7, 11) is 0. The predicted molar refractivity (Wildman–Crippen MR) is 87.7 cm³/mol. The minimum absolute atomic E-state index is 0. The van der Waals surface area contributed by atoms with Crippen LogP contribution in [0.2, 0.25) is 0 Å². The zero-order valence-electron chi connectivity index (χ0n) is 13.0. The smallest absolute Gasteiger partial charge is 0.157 e. The molecule has 111 valence electrons. The quantitative estimate of drug-likeness (QED) is 0.590. The van der Waals surface area contributed by atoms with E-state index in [1.54, 1.807) is 4.90 Å². The maximum absolute atomic E-state index is 12.4. The standard InChI is InChI=1S/C19H19NO.Y/c1-4-20(17-11-6-5-7-12-17)19(21)14-16(3)18-13-9-8-10-15(18)2;/h5-13H,1,4H2,2-3H3;/q-2;. The van der Waals surface area contributed by atoms with Gasteiger partial charge >= 0.3 is 0 Å². The molecule has 0 unspecified atom stereocenters. The van der Waals surface area contributed by atoms with Gasteiger partial charge in [-0.05, 0) is 12.1 Å². The van der Waals surface area contributed by atoms with Crippen molar-refractivity contribution in [1.82, 2.24) is 0 Å². The normalized spacial score (nSPS) is 10.8. The Labute approximate surface area is 158 Å². The molecule has 22 heavy (non-hydrogen) atoms. The van der Waals surface area contributed by atoms with Gasteiger partial charge in [0.1, 0.15) is 0 Å². The molecular formula is C19H19NOY-2. The van der Waals surface area contributed by atoms with Crippen LogP contribution in [0.3, 0.4) is 0 Å². The number of anilines is 1. The van der Waals surface area contributed by atoms with Crippen LogP contribution in [0.4, 0.5) is 5.69 Å². The Kier molecular flexibility index (Phi) is 7.71. The van der Waals surface area contributed by atoms with E-state index in [2.05, 4.69) is 13.0 Å². The first-order valence-electron chi connectivity index (χ1n) is 6.96. The molecule has 2 aromatic rings. The number of hydrogen-bond donors (Lipinski definition) is 0. The van der Waals surface area contributed by atoms with Gasteiger partial charge in [0.05, 0.1) is 0 Å². The van der Waals surface area contributed by atoms with E-state index in [4.69, 9.17) is 0 Å². The summed E-state index contributed by atoms with van der Waals surface area (Å²) in [5.74, 6) is -0.169. The number of carbonyl (C=O) groups excluding carboxylic acids is 1. The van der Waals surface area contributed by atoms with Gasteiger partial charge in [0.2, 0.25) is 0 Å². The Bertz CT molecular complexity index is 649. The van der Waals surface area contributed by atoms with Crippen molar-refractivity contribution in [2.75, 3.05) is 11.4 Å². The molecule has 0 N–H and O–H groups in total. The van der Waals surface area contributed by atoms with Crippen molar-refractivity contribution in [3.63, 3.8) is 0 Å². The molecule has 0 heterocycles. The molecule has 1 amide bonds. The summed E-state index contributed by atoms with van der Waals surface area (Å²) in [5, 5.41) is 0. The van der Waals surface area contributed by atoms with Gasteiger partial charge in [-0.2, -0.15) is 11.6 Å². The van der Waals surface area contributed by atoms with Crippen LogP contribution in [0.1, 0.15) is 18.1 Å². The van der Waals surface area contributed by atoms with Gasteiger partial charge in [0.25, 0.3) is 0 Å². The van der Waals surface area contributed by atoms with Crippen molar-refractivity contribution in [3.05, 3.63) is 78.7 Å². The molecule has 3 heteroatoms. The van der Waals surface area contributed by atoms with Gasteiger partial charge in [0, 0.05) is 38.4 Å². The largest absolute Gasteiger partial charge is 0.355 e. The van der Waals surface area contributed by atoms with Crippen molar-refractivity contribution in [2.45, 2.75) is 13.8 Å². The summed E-state index contributed by atoms with van der Waals surface area (Å²) < 4.78 is 0. The molecule has 0 aliphatic rings. The number of amides is 1. The van der Waals surface area contributed by atoms with Crippen LogP contribution < -0.4 is 4.90 Å². The zero-order valence-corrected chi connectivity index (χ0v) is 15.9. The third-order valence-corrected chi connectivity index (χ3v) is 3.38. The van der Waals surface area contributed by atoms with Crippen LogP contribution in [0.25, 0.3) is 5.57 Å². The molecule has 0 fully saturated rings. The minimum atomic E-state index is -0.169. The first kappa shape index (κ1) is 18.8. The fraction of sp³-hybridized carbons (Fsp3) is 0.158. The Morgan fingerprint density at radius 3 is 2.27 bits per heavy atom. The topological polar surface area (TPSA) is 20.3 Å². The number of aryl methyl sites for hydroxylation is 1. The number of nitrogens with zero attached hydrogens (tertiary/aromatic N) is 1. The summed E-state index contributed by atoms with van der Waals surface area (Å²) >= 11 is 0. The second kappa shape index (κ2) is 9.02. The number of para-hydroxylation sites is 1. The van der Waals surface area contributed by atoms with E-state index in [1.165, 1.54) is 0 Å². The van der Waals surface area contributed by atoms with Crippen molar-refractivity contribution < 1.29 is 37.5 Å². The maximum Gasteiger partial charge on any atom is 0.157 e. The van der Waals surface area contributed by atoms with Gasteiger partial charge in [-0.25, -0.2) is 5.57 Å². The van der Waals surface area contributed by atoms with Crippen molar-refractivity contribution in [1.29, 1.82) is 0 Å². The van der Waals surface area contributed by atoms with E-state index in [0.29, 0.717) is 6.54 Å². The van der Waals surface area contributed by atoms with E-state index < -0.39 is 0 Å². The second-order valence-corrected chi connectivity index (χ2v) is 4.86. The molecule has 2 nitrogen and oxygen atoms in total. The van der Waals surface area contributed by atoms with Gasteiger partial charge in [-0.15, -0.1) is 18.2 Å². The van der Waals surface area contributed by atoms with Gasteiger partial charge in [0.15, 0.2) is 5.91 Å². The number of hydrogen-bond acceptors (Lipinski definition) is 1. The summed E-state index contributed by atoms with van der Waals surface area (Å²) in [6, 6.07) is 17.5. The number of carbonyl (C=O) groups is 1. The first-order chi connectivity index (χ1) is 10.1. The Balaban J connectivity index is 0.00000242. The number of benzene rings is 2. The Morgan fingerprint density at radius 2 is 1.68 bits per heavy atom. The maximum atomic E-state index is 12.4. The molecule has 0 bridgehead atoms. The molecule has 0 aromatic heterocycles. The van der Waals surface area contributed by atoms with Crippen molar-refractivity contribution >= 4 is 17.2 Å². The van der Waals surface area contributed by atoms with E-state index in [1.807, 2.05) is 68.4 Å². The zero-order chi connectivity index (χ0) is 15.2. The summed E-state index contributed by atoms with van der Waals surface area (Å²) in [4.78, 5) is 14.0. The summed E-state index contributed by atoms with van der Waals surface area (Å²) in [6.45, 7) is 8.15. The number of allylic oxidation sites excluding steroid dienone is 1. The Hall–Kier alpha value is -1.25. The fourth-order valence-corrected chi connectivity index (χ4v) is 2.24. The number of rotatable bonds is 4. The van der Waals surface area contributed by atoms with E-state index >= 15 is 0 Å². The van der Waals surface area contributed by atoms with Gasteiger partial charge in [-0.3, -0.25) is 4.79 Å². The van der Waals surface area contributed by atoms with Crippen molar-refractivity contribution in [3.8, 4) is 0 Å². The molecule has 0 saturated heterocycles. The Morgan fingerprint density at radius 1 is 1.09 bits per heavy atom. The molecule has 0 atom stereocenters. The van der Waals surface area contributed by atoms with Crippen LogP contribution in [-0.4, -0.2) is 12.5 Å². The average molecular weight is 366 g/mol. The summed E-state index contributed by atoms with van der Waals surface area (Å²) in [6.07, 6.45) is 2.95. The molecular weight excluding hydrogens is 347 g/mol. The summed E-state index contributed by atoms with van der Waals surface area (Å²) in [5.41, 5.74) is 3.86. The van der Waals surface area contributed by atoms with Crippen LogP contribution in [0.15, 0.2) is 54.6 Å². The van der Waals surface area contributed by atoms with Crippen LogP contribution >= 0.6 is 0 Å². The molecule has 0 saturated carbocycles. The van der Waals surface area contributed by atoms with E-state index in [0.717, 1.165) is 22.4 Å². The molecule has 2 rings (SSSR count). The second-order valence-electron chi connectivity index (χ2n) is 4.86. The van der Waals surface area contributed by atoms with E-state index in [9.17, 15) is 4.79 Å². The third-order valence-electron chi connectivity index (χ3n) is 3.38. The molecule has 0 aliphatic heterocycles. The molecule has 0 spiro atoms. The monoisotopic (exact) mass is 366 g/mol. The van der Waals surface area contributed by atoms with Crippen LogP contribution in [0, 0.1) is 19.9 Å². The van der Waals surface area contributed by atoms with Crippen molar-refractivity contribution in [2.24, 2.45) is 0 Å². The van der Waals surface area contributed by atoms with Crippen LogP contribution in [0.5, 0.6) is 0 Å². The SMILES string of the molecule is [CH2-]CN(C(=O)[C-]=C(C)c1ccccc1C)c1ccccc1.[Y]. The minimum Gasteiger partial charge on any atom is -0.355 e. The molecule has 0 aliphatic carbocycles. The van der Waals surface area contributed by atoms with Gasteiger partial charge in [-0.1, -0.05) is 50.2 Å². The van der Waals surface area contributed by atoms with E-state index in [-0.39, 0.29) is 38.6 Å². The van der Waals surface area contributed by atoms with Gasteiger partial charge < -0.3 is 11.8 Å². The van der Waals surface area contributed by atoms with Crippen LogP contribution in [-0.2, 0) is 37.5 Å². The molecule has 2 aromatic carbocycles.